The van der Waals surface area contributed by atoms with Crippen molar-refractivity contribution in [1.82, 2.24) is 0 Å². The Labute approximate surface area is 91.8 Å². The highest BCUT2D eigenvalue weighted by Gasteiger charge is 2.31. The van der Waals surface area contributed by atoms with E-state index in [0.29, 0.717) is 17.8 Å². The summed E-state index contributed by atoms with van der Waals surface area (Å²) >= 11 is 0. The van der Waals surface area contributed by atoms with E-state index in [2.05, 4.69) is 20.8 Å². The lowest BCUT2D eigenvalue weighted by atomic mass is 9.75. The van der Waals surface area contributed by atoms with Gasteiger partial charge in [0.2, 0.25) is 0 Å². The summed E-state index contributed by atoms with van der Waals surface area (Å²) in [5, 5.41) is 10.4. The van der Waals surface area contributed by atoms with Crippen molar-refractivity contribution >= 4 is 5.97 Å². The SMILES string of the molecule is CC(C)[C@H]1CC[C@H](C)C[C@@H]1OCC(=O)[O-]. The first-order valence-corrected chi connectivity index (χ1v) is 5.82. The molecule has 1 aliphatic carbocycles. The van der Waals surface area contributed by atoms with Crippen molar-refractivity contribution in [3.8, 4) is 0 Å². The fourth-order valence-corrected chi connectivity index (χ4v) is 2.48. The zero-order valence-corrected chi connectivity index (χ0v) is 9.86. The molecule has 0 unspecified atom stereocenters. The van der Waals surface area contributed by atoms with E-state index in [9.17, 15) is 9.90 Å². The van der Waals surface area contributed by atoms with Crippen LogP contribution in [0.1, 0.15) is 40.0 Å². The smallest absolute Gasteiger partial charge is 0.0865 e. The van der Waals surface area contributed by atoms with Crippen LogP contribution in [-0.2, 0) is 9.53 Å². The van der Waals surface area contributed by atoms with Gasteiger partial charge in [0.05, 0.1) is 18.7 Å². The molecule has 3 nitrogen and oxygen atoms in total. The van der Waals surface area contributed by atoms with E-state index < -0.39 is 5.97 Å². The lowest BCUT2D eigenvalue weighted by Gasteiger charge is -2.37. The van der Waals surface area contributed by atoms with Gasteiger partial charge in [0.15, 0.2) is 0 Å². The second kappa shape index (κ2) is 5.50. The lowest BCUT2D eigenvalue weighted by Crippen LogP contribution is -2.38. The molecule has 0 spiro atoms. The minimum atomic E-state index is -1.12. The van der Waals surface area contributed by atoms with Crippen molar-refractivity contribution in [2.75, 3.05) is 6.61 Å². The number of aliphatic carboxylic acids is 1. The van der Waals surface area contributed by atoms with E-state index in [0.717, 1.165) is 12.8 Å². The van der Waals surface area contributed by atoms with E-state index in [4.69, 9.17) is 4.74 Å². The predicted molar refractivity (Wildman–Crippen MR) is 56.1 cm³/mol. The van der Waals surface area contributed by atoms with E-state index in [1.165, 1.54) is 6.42 Å². The number of carbonyl (C=O) groups excluding carboxylic acids is 1. The summed E-state index contributed by atoms with van der Waals surface area (Å²) in [7, 11) is 0. The molecule has 0 aromatic heterocycles. The molecule has 0 N–H and O–H groups in total. The third kappa shape index (κ3) is 3.82. The molecule has 1 aliphatic rings. The lowest BCUT2D eigenvalue weighted by molar-refractivity contribution is -0.311. The first kappa shape index (κ1) is 12.5. The molecule has 0 aliphatic heterocycles. The van der Waals surface area contributed by atoms with Gasteiger partial charge in [-0.3, -0.25) is 0 Å². The average Bonchev–Trinajstić information content (AvgIpc) is 2.14. The summed E-state index contributed by atoms with van der Waals surface area (Å²) in [6, 6.07) is 0. The van der Waals surface area contributed by atoms with Crippen molar-refractivity contribution in [2.45, 2.75) is 46.1 Å². The third-order valence-corrected chi connectivity index (χ3v) is 3.38. The van der Waals surface area contributed by atoms with Crippen LogP contribution in [0.2, 0.25) is 0 Å². The maximum absolute atomic E-state index is 10.4. The first-order valence-electron chi connectivity index (χ1n) is 5.82. The number of carboxylic acids is 1. The van der Waals surface area contributed by atoms with Gasteiger partial charge in [0, 0.05) is 0 Å². The fourth-order valence-electron chi connectivity index (χ4n) is 2.48. The van der Waals surface area contributed by atoms with Gasteiger partial charge in [-0.25, -0.2) is 0 Å². The fraction of sp³-hybridized carbons (Fsp3) is 0.917. The highest BCUT2D eigenvalue weighted by molar-refractivity contribution is 5.65. The quantitative estimate of drug-likeness (QED) is 0.705. The number of hydrogen-bond acceptors (Lipinski definition) is 3. The maximum Gasteiger partial charge on any atom is 0.0865 e. The van der Waals surface area contributed by atoms with Crippen LogP contribution < -0.4 is 5.11 Å². The molecule has 1 rings (SSSR count). The van der Waals surface area contributed by atoms with Gasteiger partial charge >= 0.3 is 0 Å². The van der Waals surface area contributed by atoms with Crippen molar-refractivity contribution in [1.29, 1.82) is 0 Å². The summed E-state index contributed by atoms with van der Waals surface area (Å²) in [4.78, 5) is 10.4. The molecule has 0 heterocycles. The van der Waals surface area contributed by atoms with Gasteiger partial charge < -0.3 is 14.6 Å². The third-order valence-electron chi connectivity index (χ3n) is 3.38. The van der Waals surface area contributed by atoms with Crippen molar-refractivity contribution in [3.63, 3.8) is 0 Å². The van der Waals surface area contributed by atoms with Crippen molar-refractivity contribution in [3.05, 3.63) is 0 Å². The molecule has 0 aromatic carbocycles. The molecule has 0 radical (unpaired) electrons. The number of carboxylic acid groups (broad SMARTS) is 1. The maximum atomic E-state index is 10.4. The molecule has 1 fully saturated rings. The Morgan fingerprint density at radius 1 is 1.47 bits per heavy atom. The van der Waals surface area contributed by atoms with Crippen LogP contribution in [0.3, 0.4) is 0 Å². The topological polar surface area (TPSA) is 49.4 Å². The van der Waals surface area contributed by atoms with Crippen molar-refractivity contribution in [2.24, 2.45) is 17.8 Å². The minimum Gasteiger partial charge on any atom is -0.548 e. The number of rotatable bonds is 4. The minimum absolute atomic E-state index is 0.103. The van der Waals surface area contributed by atoms with E-state index in [-0.39, 0.29) is 12.7 Å². The second-order valence-corrected chi connectivity index (χ2v) is 5.05. The van der Waals surface area contributed by atoms with Crippen LogP contribution in [0, 0.1) is 17.8 Å². The van der Waals surface area contributed by atoms with Crippen LogP contribution in [0.5, 0.6) is 0 Å². The summed E-state index contributed by atoms with van der Waals surface area (Å²) in [6.45, 7) is 6.29. The van der Waals surface area contributed by atoms with Crippen LogP contribution >= 0.6 is 0 Å². The molecule has 0 bridgehead atoms. The molecule has 3 atom stereocenters. The monoisotopic (exact) mass is 213 g/mol. The molecule has 3 heteroatoms. The van der Waals surface area contributed by atoms with Crippen LogP contribution in [-0.4, -0.2) is 18.7 Å². The number of carbonyl (C=O) groups is 1. The Kier molecular flexibility index (Phi) is 4.58. The standard InChI is InChI=1S/C12H22O3/c1-8(2)10-5-4-9(3)6-11(10)15-7-12(13)14/h8-11H,4-7H2,1-3H3,(H,13,14)/p-1/t9-,10+,11-/m0/s1. The highest BCUT2D eigenvalue weighted by Crippen LogP contribution is 2.35. The van der Waals surface area contributed by atoms with Gasteiger partial charge in [-0.2, -0.15) is 0 Å². The Bertz CT molecular complexity index is 213. The Morgan fingerprint density at radius 3 is 2.67 bits per heavy atom. The number of ether oxygens (including phenoxy) is 1. The summed E-state index contributed by atoms with van der Waals surface area (Å²) < 4.78 is 5.43. The van der Waals surface area contributed by atoms with Gasteiger partial charge in [0.1, 0.15) is 0 Å². The van der Waals surface area contributed by atoms with Gasteiger partial charge in [-0.1, -0.05) is 27.2 Å². The van der Waals surface area contributed by atoms with Gasteiger partial charge in [-0.05, 0) is 30.6 Å². The van der Waals surface area contributed by atoms with Crippen molar-refractivity contribution < 1.29 is 14.6 Å². The van der Waals surface area contributed by atoms with Crippen LogP contribution in [0.4, 0.5) is 0 Å². The first-order chi connectivity index (χ1) is 7.00. The summed E-state index contributed by atoms with van der Waals surface area (Å²) in [6.07, 6.45) is 3.47. The van der Waals surface area contributed by atoms with Gasteiger partial charge in [-0.15, -0.1) is 0 Å². The molecular weight excluding hydrogens is 192 g/mol. The normalized spacial score (nSPS) is 31.9. The van der Waals surface area contributed by atoms with E-state index >= 15 is 0 Å². The van der Waals surface area contributed by atoms with Gasteiger partial charge in [0.25, 0.3) is 0 Å². The average molecular weight is 213 g/mol. The zero-order chi connectivity index (χ0) is 11.4. The molecule has 0 saturated heterocycles. The molecule has 0 amide bonds. The van der Waals surface area contributed by atoms with Crippen LogP contribution in [0.15, 0.2) is 0 Å². The Hall–Kier alpha value is -0.570. The Morgan fingerprint density at radius 2 is 2.13 bits per heavy atom. The largest absolute Gasteiger partial charge is 0.548 e. The molecule has 15 heavy (non-hydrogen) atoms. The molecular formula is C12H21O3-. The molecule has 0 aromatic rings. The van der Waals surface area contributed by atoms with E-state index in [1.54, 1.807) is 0 Å². The zero-order valence-electron chi connectivity index (χ0n) is 9.86. The molecule has 1 saturated carbocycles. The Balaban J connectivity index is 2.50. The second-order valence-electron chi connectivity index (χ2n) is 5.05. The number of hydrogen-bond donors (Lipinski definition) is 0. The predicted octanol–water partition coefficient (Wildman–Crippen LogP) is 1.21. The highest BCUT2D eigenvalue weighted by atomic mass is 16.5. The summed E-state index contributed by atoms with van der Waals surface area (Å²) in [5.41, 5.74) is 0. The molecule has 88 valence electrons. The van der Waals surface area contributed by atoms with E-state index in [1.807, 2.05) is 0 Å². The van der Waals surface area contributed by atoms with Crippen LogP contribution in [0.25, 0.3) is 0 Å². The summed E-state index contributed by atoms with van der Waals surface area (Å²) in [5.74, 6) is 0.590.